The summed E-state index contributed by atoms with van der Waals surface area (Å²) < 4.78 is 5.12. The highest BCUT2D eigenvalue weighted by molar-refractivity contribution is 5.97. The van der Waals surface area contributed by atoms with Crippen LogP contribution in [-0.2, 0) is 9.53 Å². The first-order valence-electron chi connectivity index (χ1n) is 8.99. The molecule has 0 saturated carbocycles. The Bertz CT molecular complexity index is 691. The largest absolute Gasteiger partial charge is 0.507 e. The van der Waals surface area contributed by atoms with E-state index in [-0.39, 0.29) is 36.1 Å². The van der Waals surface area contributed by atoms with Gasteiger partial charge in [0.25, 0.3) is 5.91 Å². The van der Waals surface area contributed by atoms with Crippen molar-refractivity contribution in [2.75, 3.05) is 32.7 Å². The van der Waals surface area contributed by atoms with Crippen molar-refractivity contribution in [1.82, 2.24) is 15.1 Å². The van der Waals surface area contributed by atoms with Gasteiger partial charge >= 0.3 is 6.09 Å². The van der Waals surface area contributed by atoms with E-state index in [1.165, 1.54) is 6.07 Å². The Labute approximate surface area is 159 Å². The molecule has 0 aliphatic carbocycles. The number of hydrogen-bond acceptors (Lipinski definition) is 5. The first-order chi connectivity index (χ1) is 12.7. The molecule has 3 amide bonds. The number of nitrogens with zero attached hydrogens (tertiary/aromatic N) is 2. The van der Waals surface area contributed by atoms with Crippen LogP contribution in [0.15, 0.2) is 24.3 Å². The molecule has 8 heteroatoms. The van der Waals surface area contributed by atoms with Crippen LogP contribution >= 0.6 is 0 Å². The zero-order valence-electron chi connectivity index (χ0n) is 16.0. The molecule has 0 aromatic heterocycles. The lowest BCUT2D eigenvalue weighted by Gasteiger charge is -2.35. The van der Waals surface area contributed by atoms with Gasteiger partial charge in [-0.25, -0.2) is 4.79 Å². The number of aromatic hydroxyl groups is 1. The Morgan fingerprint density at radius 2 is 1.67 bits per heavy atom. The molecular weight excluding hydrogens is 350 g/mol. The monoisotopic (exact) mass is 377 g/mol. The number of carbonyl (C=O) groups excluding carboxylic acids is 3. The summed E-state index contributed by atoms with van der Waals surface area (Å²) in [5, 5.41) is 12.4. The molecular formula is C19H27N3O5. The average Bonchev–Trinajstić information content (AvgIpc) is 2.60. The van der Waals surface area contributed by atoms with Crippen molar-refractivity contribution in [3.8, 4) is 5.75 Å². The van der Waals surface area contributed by atoms with Crippen LogP contribution in [0.2, 0.25) is 0 Å². The number of carbonyl (C=O) groups is 3. The van der Waals surface area contributed by atoms with Gasteiger partial charge in [-0.2, -0.15) is 0 Å². The van der Waals surface area contributed by atoms with Gasteiger partial charge in [0.15, 0.2) is 0 Å². The molecule has 27 heavy (non-hydrogen) atoms. The van der Waals surface area contributed by atoms with E-state index in [0.717, 1.165) is 0 Å². The van der Waals surface area contributed by atoms with E-state index in [1.54, 1.807) is 48.8 Å². The van der Waals surface area contributed by atoms with E-state index >= 15 is 0 Å². The molecule has 1 saturated heterocycles. The van der Waals surface area contributed by atoms with Crippen molar-refractivity contribution < 1.29 is 24.2 Å². The van der Waals surface area contributed by atoms with Crippen LogP contribution in [-0.4, -0.2) is 71.1 Å². The summed E-state index contributed by atoms with van der Waals surface area (Å²) in [6.45, 7) is 7.16. The predicted octanol–water partition coefficient (Wildman–Crippen LogP) is 1.59. The Hall–Kier alpha value is -2.77. The highest BCUT2D eigenvalue weighted by Crippen LogP contribution is 2.18. The third kappa shape index (κ3) is 6.16. The molecule has 2 rings (SSSR count). The van der Waals surface area contributed by atoms with Crippen molar-refractivity contribution in [1.29, 1.82) is 0 Å². The zero-order chi connectivity index (χ0) is 20.0. The summed E-state index contributed by atoms with van der Waals surface area (Å²) >= 11 is 0. The maximum atomic E-state index is 12.5. The highest BCUT2D eigenvalue weighted by Gasteiger charge is 2.26. The van der Waals surface area contributed by atoms with Gasteiger partial charge in [-0.3, -0.25) is 9.59 Å². The molecule has 0 unspecified atom stereocenters. The van der Waals surface area contributed by atoms with Crippen LogP contribution in [0.4, 0.5) is 4.79 Å². The van der Waals surface area contributed by atoms with E-state index in [9.17, 15) is 19.5 Å². The van der Waals surface area contributed by atoms with Crippen molar-refractivity contribution in [3.63, 3.8) is 0 Å². The van der Waals surface area contributed by atoms with E-state index in [0.29, 0.717) is 26.2 Å². The molecule has 2 N–H and O–H groups in total. The molecule has 0 bridgehead atoms. The molecule has 1 aliphatic heterocycles. The number of piperazine rings is 1. The van der Waals surface area contributed by atoms with Crippen molar-refractivity contribution in [2.24, 2.45) is 0 Å². The van der Waals surface area contributed by atoms with Gasteiger partial charge < -0.3 is 25.0 Å². The predicted molar refractivity (Wildman–Crippen MR) is 99.4 cm³/mol. The van der Waals surface area contributed by atoms with Gasteiger partial charge in [-0.15, -0.1) is 0 Å². The van der Waals surface area contributed by atoms with E-state index < -0.39 is 11.7 Å². The van der Waals surface area contributed by atoms with Crippen LogP contribution in [0, 0.1) is 0 Å². The first-order valence-corrected chi connectivity index (χ1v) is 8.99. The molecule has 0 spiro atoms. The second-order valence-corrected chi connectivity index (χ2v) is 7.37. The summed E-state index contributed by atoms with van der Waals surface area (Å²) in [6.07, 6.45) is -0.375. The fraction of sp³-hybridized carbons (Fsp3) is 0.526. The number of phenolic OH excluding ortho intramolecular Hbond substituents is 1. The maximum Gasteiger partial charge on any atom is 0.407 e. The number of para-hydroxylation sites is 1. The van der Waals surface area contributed by atoms with E-state index in [1.807, 2.05) is 0 Å². The minimum absolute atomic E-state index is 0.0470. The number of nitrogens with one attached hydrogen (secondary N) is 1. The second kappa shape index (κ2) is 8.75. The fourth-order valence-electron chi connectivity index (χ4n) is 2.73. The van der Waals surface area contributed by atoms with Crippen LogP contribution in [0.5, 0.6) is 5.75 Å². The van der Waals surface area contributed by atoms with Crippen LogP contribution in [0.1, 0.15) is 37.6 Å². The van der Waals surface area contributed by atoms with Crippen LogP contribution in [0.3, 0.4) is 0 Å². The van der Waals surface area contributed by atoms with Crippen molar-refractivity contribution >= 4 is 17.9 Å². The summed E-state index contributed by atoms with van der Waals surface area (Å²) in [6, 6.07) is 6.42. The zero-order valence-corrected chi connectivity index (χ0v) is 16.0. The molecule has 1 aliphatic rings. The number of benzene rings is 1. The third-order valence-electron chi connectivity index (χ3n) is 4.06. The Kier molecular flexibility index (Phi) is 6.65. The smallest absolute Gasteiger partial charge is 0.407 e. The van der Waals surface area contributed by atoms with Crippen LogP contribution in [0.25, 0.3) is 0 Å². The number of phenols is 1. The van der Waals surface area contributed by atoms with Crippen LogP contribution < -0.4 is 5.32 Å². The van der Waals surface area contributed by atoms with Gasteiger partial charge in [0.05, 0.1) is 5.56 Å². The van der Waals surface area contributed by atoms with Gasteiger partial charge in [0.2, 0.25) is 5.91 Å². The summed E-state index contributed by atoms with van der Waals surface area (Å²) in [4.78, 5) is 39.6. The van der Waals surface area contributed by atoms with E-state index in [4.69, 9.17) is 4.74 Å². The molecule has 8 nitrogen and oxygen atoms in total. The minimum Gasteiger partial charge on any atom is -0.507 e. The highest BCUT2D eigenvalue weighted by atomic mass is 16.6. The lowest BCUT2D eigenvalue weighted by atomic mass is 10.1. The van der Waals surface area contributed by atoms with Gasteiger partial charge in [0, 0.05) is 39.1 Å². The summed E-state index contributed by atoms with van der Waals surface area (Å²) in [7, 11) is 0. The molecule has 0 radical (unpaired) electrons. The van der Waals surface area contributed by atoms with Crippen molar-refractivity contribution in [3.05, 3.63) is 29.8 Å². The third-order valence-corrected chi connectivity index (χ3v) is 4.06. The maximum absolute atomic E-state index is 12.5. The number of ether oxygens (including phenoxy) is 1. The van der Waals surface area contributed by atoms with Crippen molar-refractivity contribution in [2.45, 2.75) is 32.8 Å². The van der Waals surface area contributed by atoms with E-state index in [2.05, 4.69) is 5.32 Å². The number of alkyl carbamates (subject to hydrolysis) is 1. The fourth-order valence-corrected chi connectivity index (χ4v) is 2.73. The molecule has 1 heterocycles. The minimum atomic E-state index is -0.579. The lowest BCUT2D eigenvalue weighted by Crippen LogP contribution is -2.51. The standard InChI is InChI=1S/C19H27N3O5/c1-19(2,3)27-18(26)20-9-8-16(24)21-10-12-22(13-11-21)17(25)14-6-4-5-7-15(14)23/h4-7,23H,8-13H2,1-3H3,(H,20,26). The Balaban J connectivity index is 1.75. The lowest BCUT2D eigenvalue weighted by molar-refractivity contribution is -0.132. The topological polar surface area (TPSA) is 99.2 Å². The molecule has 1 aromatic carbocycles. The quantitative estimate of drug-likeness (QED) is 0.830. The average molecular weight is 377 g/mol. The molecule has 1 fully saturated rings. The number of hydrogen-bond donors (Lipinski definition) is 2. The van der Waals surface area contributed by atoms with Gasteiger partial charge in [-0.05, 0) is 32.9 Å². The number of rotatable bonds is 4. The second-order valence-electron chi connectivity index (χ2n) is 7.37. The molecule has 0 atom stereocenters. The number of amides is 3. The normalized spacial score (nSPS) is 14.6. The first kappa shape index (κ1) is 20.5. The summed E-state index contributed by atoms with van der Waals surface area (Å²) in [5.41, 5.74) is -0.316. The molecule has 148 valence electrons. The SMILES string of the molecule is CC(C)(C)OC(=O)NCCC(=O)N1CCN(C(=O)c2ccccc2O)CC1. The summed E-state index contributed by atoms with van der Waals surface area (Å²) in [5.74, 6) is -0.373. The van der Waals surface area contributed by atoms with Gasteiger partial charge in [0.1, 0.15) is 11.4 Å². The molecule has 1 aromatic rings. The van der Waals surface area contributed by atoms with Gasteiger partial charge in [-0.1, -0.05) is 12.1 Å². The Morgan fingerprint density at radius 1 is 1.07 bits per heavy atom. The Morgan fingerprint density at radius 3 is 2.26 bits per heavy atom.